The molecule has 0 saturated carbocycles. The van der Waals surface area contributed by atoms with Gasteiger partial charge in [-0.2, -0.15) is 10.4 Å². The van der Waals surface area contributed by atoms with Crippen molar-refractivity contribution >= 4 is 38.2 Å². The smallest absolute Gasteiger partial charge is 0.103 e. The van der Waals surface area contributed by atoms with Gasteiger partial charge in [0, 0.05) is 22.6 Å². The maximum absolute atomic E-state index is 9.30. The summed E-state index contributed by atoms with van der Waals surface area (Å²) in [6.07, 6.45) is 1.57. The molecule has 6 heteroatoms. The first-order valence-electron chi connectivity index (χ1n) is 6.49. The highest BCUT2D eigenvalue weighted by atomic mass is 79.9. The standard InChI is InChI=1S/C15H16BrN5/c1-15(2,3)8-20-13-9(6-17)7-19-14-11(13)4-10(21-18)5-12(14)16/h4-5,7,18H,8H2,1-3H3,(H,19,20). The van der Waals surface area contributed by atoms with Crippen LogP contribution in [0.4, 0.5) is 11.4 Å². The molecule has 2 aromatic rings. The zero-order valence-electron chi connectivity index (χ0n) is 12.2. The van der Waals surface area contributed by atoms with Crippen LogP contribution < -0.4 is 5.32 Å². The van der Waals surface area contributed by atoms with Crippen molar-refractivity contribution in [1.82, 2.24) is 4.98 Å². The number of hydrogen-bond donors (Lipinski definition) is 2. The Kier molecular flexibility index (Phi) is 4.24. The number of pyridine rings is 1. The number of hydrogen-bond acceptors (Lipinski definition) is 5. The monoisotopic (exact) mass is 345 g/mol. The van der Waals surface area contributed by atoms with Crippen molar-refractivity contribution in [3.63, 3.8) is 0 Å². The van der Waals surface area contributed by atoms with Crippen molar-refractivity contribution in [2.75, 3.05) is 11.9 Å². The van der Waals surface area contributed by atoms with Crippen molar-refractivity contribution in [3.05, 3.63) is 28.4 Å². The first-order valence-corrected chi connectivity index (χ1v) is 7.29. The van der Waals surface area contributed by atoms with E-state index in [1.54, 1.807) is 18.3 Å². The normalized spacial score (nSPS) is 11.2. The second-order valence-corrected chi connectivity index (χ2v) is 6.86. The maximum atomic E-state index is 9.30. The van der Waals surface area contributed by atoms with E-state index < -0.39 is 0 Å². The van der Waals surface area contributed by atoms with Crippen molar-refractivity contribution < 1.29 is 0 Å². The van der Waals surface area contributed by atoms with Crippen LogP contribution in [0.3, 0.4) is 0 Å². The molecule has 1 aromatic heterocycles. The highest BCUT2D eigenvalue weighted by Gasteiger charge is 2.15. The minimum absolute atomic E-state index is 0.0803. The Balaban J connectivity index is 2.66. The number of benzene rings is 1. The fourth-order valence-electron chi connectivity index (χ4n) is 1.94. The Hall–Kier alpha value is -2.00. The van der Waals surface area contributed by atoms with Gasteiger partial charge in [0.1, 0.15) is 6.07 Å². The SMILES string of the molecule is CC(C)(C)CNc1c(C#N)cnc2c(Br)cc(N=N)cc12. The van der Waals surface area contributed by atoms with Crippen LogP contribution in [-0.4, -0.2) is 11.5 Å². The minimum Gasteiger partial charge on any atom is -0.383 e. The zero-order valence-corrected chi connectivity index (χ0v) is 13.7. The topological polar surface area (TPSA) is 84.9 Å². The molecule has 5 nitrogen and oxygen atoms in total. The molecule has 0 bridgehead atoms. The lowest BCUT2D eigenvalue weighted by atomic mass is 9.96. The lowest BCUT2D eigenvalue weighted by molar-refractivity contribution is 0.443. The molecule has 108 valence electrons. The molecule has 21 heavy (non-hydrogen) atoms. The van der Waals surface area contributed by atoms with Crippen LogP contribution in [0, 0.1) is 22.3 Å². The first-order chi connectivity index (χ1) is 9.85. The predicted molar refractivity (Wildman–Crippen MR) is 86.9 cm³/mol. The molecule has 0 atom stereocenters. The van der Waals surface area contributed by atoms with Crippen molar-refractivity contribution in [2.45, 2.75) is 20.8 Å². The summed E-state index contributed by atoms with van der Waals surface area (Å²) >= 11 is 3.44. The number of fused-ring (bicyclic) bond motifs is 1. The van der Waals surface area contributed by atoms with Gasteiger partial charge in [0.2, 0.25) is 0 Å². The van der Waals surface area contributed by atoms with Crippen LogP contribution in [0.1, 0.15) is 26.3 Å². The summed E-state index contributed by atoms with van der Waals surface area (Å²) in [6, 6.07) is 5.67. The fraction of sp³-hybridized carbons (Fsp3) is 0.333. The summed E-state index contributed by atoms with van der Waals surface area (Å²) < 4.78 is 0.759. The first kappa shape index (κ1) is 15.4. The Morgan fingerprint density at radius 2 is 2.14 bits per heavy atom. The van der Waals surface area contributed by atoms with Gasteiger partial charge >= 0.3 is 0 Å². The van der Waals surface area contributed by atoms with Gasteiger partial charge in [0.25, 0.3) is 0 Å². The minimum atomic E-state index is 0.0803. The second kappa shape index (κ2) is 5.78. The van der Waals surface area contributed by atoms with Crippen molar-refractivity contribution in [2.24, 2.45) is 10.5 Å². The average molecular weight is 346 g/mol. The molecule has 0 saturated heterocycles. The van der Waals surface area contributed by atoms with Gasteiger partial charge in [0.15, 0.2) is 0 Å². The van der Waals surface area contributed by atoms with Crippen molar-refractivity contribution in [1.29, 1.82) is 10.8 Å². The van der Waals surface area contributed by atoms with E-state index >= 15 is 0 Å². The Morgan fingerprint density at radius 3 is 2.71 bits per heavy atom. The summed E-state index contributed by atoms with van der Waals surface area (Å²) in [7, 11) is 0. The van der Waals surface area contributed by atoms with Crippen molar-refractivity contribution in [3.8, 4) is 6.07 Å². The number of nitriles is 1. The largest absolute Gasteiger partial charge is 0.383 e. The van der Waals surface area contributed by atoms with Crippen LogP contribution in [-0.2, 0) is 0 Å². The molecule has 0 aliphatic rings. The molecule has 2 N–H and O–H groups in total. The van der Waals surface area contributed by atoms with E-state index in [1.807, 2.05) is 0 Å². The van der Waals surface area contributed by atoms with Gasteiger partial charge in [-0.05, 0) is 33.5 Å². The van der Waals surface area contributed by atoms with Crippen LogP contribution >= 0.6 is 15.9 Å². The number of anilines is 1. The van der Waals surface area contributed by atoms with E-state index in [9.17, 15) is 5.26 Å². The molecular weight excluding hydrogens is 330 g/mol. The zero-order chi connectivity index (χ0) is 15.6. The molecular formula is C15H16BrN5. The molecule has 2 rings (SSSR count). The highest BCUT2D eigenvalue weighted by molar-refractivity contribution is 9.10. The summed E-state index contributed by atoms with van der Waals surface area (Å²) in [5.41, 5.74) is 9.76. The third-order valence-corrected chi connectivity index (χ3v) is 3.56. The number of nitrogens with zero attached hydrogens (tertiary/aromatic N) is 3. The van der Waals surface area contributed by atoms with E-state index in [0.29, 0.717) is 11.3 Å². The van der Waals surface area contributed by atoms with E-state index in [1.165, 1.54) is 0 Å². The van der Waals surface area contributed by atoms with Gasteiger partial charge in [-0.1, -0.05) is 20.8 Å². The maximum Gasteiger partial charge on any atom is 0.103 e. The Bertz CT molecular complexity index is 740. The quantitative estimate of drug-likeness (QED) is 0.768. The lowest BCUT2D eigenvalue weighted by Crippen LogP contribution is -2.19. The van der Waals surface area contributed by atoms with Crippen LogP contribution in [0.15, 0.2) is 27.9 Å². The average Bonchev–Trinajstić information content (AvgIpc) is 2.43. The van der Waals surface area contributed by atoms with E-state index in [2.05, 4.69) is 58.2 Å². The predicted octanol–water partition coefficient (Wildman–Crippen LogP) is 4.99. The third-order valence-electron chi connectivity index (χ3n) is 2.95. The number of aromatic nitrogens is 1. The lowest BCUT2D eigenvalue weighted by Gasteiger charge is -2.21. The summed E-state index contributed by atoms with van der Waals surface area (Å²) in [5.74, 6) is 0. The van der Waals surface area contributed by atoms with E-state index in [4.69, 9.17) is 5.53 Å². The second-order valence-electron chi connectivity index (χ2n) is 6.01. The Morgan fingerprint density at radius 1 is 1.43 bits per heavy atom. The molecule has 0 unspecified atom stereocenters. The third kappa shape index (κ3) is 3.37. The molecule has 0 spiro atoms. The van der Waals surface area contributed by atoms with Gasteiger partial charge in [-0.15, -0.1) is 0 Å². The molecule has 1 heterocycles. The molecule has 0 aliphatic carbocycles. The number of nitrogens with one attached hydrogen (secondary N) is 2. The molecule has 0 radical (unpaired) electrons. The van der Waals surface area contributed by atoms with E-state index in [-0.39, 0.29) is 5.41 Å². The van der Waals surface area contributed by atoms with Gasteiger partial charge in [0.05, 0.1) is 22.5 Å². The molecule has 0 amide bonds. The Labute approximate surface area is 132 Å². The molecule has 0 aliphatic heterocycles. The van der Waals surface area contributed by atoms with Gasteiger partial charge < -0.3 is 5.32 Å². The molecule has 0 fully saturated rings. The van der Waals surface area contributed by atoms with E-state index in [0.717, 1.165) is 27.6 Å². The van der Waals surface area contributed by atoms with Gasteiger partial charge in [-0.25, -0.2) is 5.53 Å². The summed E-state index contributed by atoms with van der Waals surface area (Å²) in [5, 5.41) is 16.9. The van der Waals surface area contributed by atoms with Crippen LogP contribution in [0.2, 0.25) is 0 Å². The van der Waals surface area contributed by atoms with Crippen LogP contribution in [0.5, 0.6) is 0 Å². The summed E-state index contributed by atoms with van der Waals surface area (Å²) in [4.78, 5) is 4.32. The molecule has 1 aromatic carbocycles. The van der Waals surface area contributed by atoms with Gasteiger partial charge in [-0.3, -0.25) is 4.98 Å². The van der Waals surface area contributed by atoms with Crippen LogP contribution in [0.25, 0.3) is 10.9 Å². The number of halogens is 1. The summed E-state index contributed by atoms with van der Waals surface area (Å²) in [6.45, 7) is 7.09. The fourth-order valence-corrected chi connectivity index (χ4v) is 2.49. The number of rotatable bonds is 3. The highest BCUT2D eigenvalue weighted by Crippen LogP contribution is 2.34.